The summed E-state index contributed by atoms with van der Waals surface area (Å²) in [5.74, 6) is -0.692. The van der Waals surface area contributed by atoms with Crippen LogP contribution in [0.5, 0.6) is 0 Å². The Morgan fingerprint density at radius 1 is 1.08 bits per heavy atom. The molecule has 4 aromatic rings. The van der Waals surface area contributed by atoms with Crippen molar-refractivity contribution in [3.8, 4) is 11.1 Å². The first-order chi connectivity index (χ1) is 18.1. The van der Waals surface area contributed by atoms with Gasteiger partial charge in [-0.2, -0.15) is 13.2 Å². The molecular formula is C26H23ClF4N6O. The lowest BCUT2D eigenvalue weighted by Crippen LogP contribution is -2.49. The molecule has 1 aromatic carbocycles. The van der Waals surface area contributed by atoms with E-state index >= 15 is 0 Å². The van der Waals surface area contributed by atoms with Gasteiger partial charge in [0.15, 0.2) is 5.82 Å². The van der Waals surface area contributed by atoms with Crippen molar-refractivity contribution >= 4 is 28.5 Å². The van der Waals surface area contributed by atoms with E-state index in [0.29, 0.717) is 37.4 Å². The zero-order valence-electron chi connectivity index (χ0n) is 20.1. The Morgan fingerprint density at radius 3 is 2.61 bits per heavy atom. The van der Waals surface area contributed by atoms with Crippen molar-refractivity contribution in [3.05, 3.63) is 76.8 Å². The number of alkyl halides is 3. The highest BCUT2D eigenvalue weighted by atomic mass is 35.5. The van der Waals surface area contributed by atoms with E-state index in [-0.39, 0.29) is 23.7 Å². The number of pyridine rings is 2. The molecule has 4 heterocycles. The van der Waals surface area contributed by atoms with Crippen molar-refractivity contribution < 1.29 is 22.4 Å². The van der Waals surface area contributed by atoms with E-state index in [2.05, 4.69) is 24.8 Å². The number of rotatable bonds is 6. The Labute approximate surface area is 220 Å². The number of carbonyl (C=O) groups excluding carboxylic acids is 1. The fraction of sp³-hybridized carbons (Fsp3) is 0.308. The van der Waals surface area contributed by atoms with Crippen LogP contribution in [-0.4, -0.2) is 68.0 Å². The summed E-state index contributed by atoms with van der Waals surface area (Å²) in [7, 11) is 0. The number of hydrogen-bond acceptors (Lipinski definition) is 5. The smallest absolute Gasteiger partial charge is 0.342 e. The Morgan fingerprint density at radius 2 is 1.87 bits per heavy atom. The van der Waals surface area contributed by atoms with E-state index < -0.39 is 24.3 Å². The van der Waals surface area contributed by atoms with Crippen LogP contribution >= 0.6 is 11.6 Å². The van der Waals surface area contributed by atoms with Crippen LogP contribution in [0, 0.1) is 5.82 Å². The van der Waals surface area contributed by atoms with Gasteiger partial charge in [0.2, 0.25) is 5.91 Å². The van der Waals surface area contributed by atoms with Crippen molar-refractivity contribution in [3.63, 3.8) is 0 Å². The molecule has 3 aromatic heterocycles. The lowest BCUT2D eigenvalue weighted by molar-refractivity contribution is -0.162. The fourth-order valence-electron chi connectivity index (χ4n) is 4.58. The van der Waals surface area contributed by atoms with Gasteiger partial charge in [0.05, 0.1) is 22.3 Å². The van der Waals surface area contributed by atoms with Gasteiger partial charge in [-0.15, -0.1) is 0 Å². The number of nitrogens with one attached hydrogen (secondary N) is 1. The molecule has 1 amide bonds. The average molecular weight is 547 g/mol. The van der Waals surface area contributed by atoms with Crippen molar-refractivity contribution in [2.45, 2.75) is 25.6 Å². The third-order valence-electron chi connectivity index (χ3n) is 6.39. The first-order valence-electron chi connectivity index (χ1n) is 11.9. The van der Waals surface area contributed by atoms with Crippen LogP contribution in [0.25, 0.3) is 22.2 Å². The Bertz CT molecular complexity index is 1450. The molecule has 198 valence electrons. The van der Waals surface area contributed by atoms with Crippen LogP contribution in [-0.2, 0) is 17.8 Å². The molecule has 0 unspecified atom stereocenters. The molecule has 1 aliphatic rings. The molecule has 12 heteroatoms. The number of benzene rings is 1. The number of fused-ring (bicyclic) bond motifs is 1. The summed E-state index contributed by atoms with van der Waals surface area (Å²) >= 11 is 6.16. The molecule has 0 saturated carbocycles. The average Bonchev–Trinajstić information content (AvgIpc) is 3.25. The minimum Gasteiger partial charge on any atom is -0.342 e. The van der Waals surface area contributed by atoms with Crippen LogP contribution in [0.2, 0.25) is 5.02 Å². The summed E-state index contributed by atoms with van der Waals surface area (Å²) in [5.41, 5.74) is 4.15. The standard InChI is InChI=1S/C26H23ClF4N6O/c27-19-13-32-14-20(28)25(19)17-1-2-21-22(10-17)35-23(34-21)11-18-9-16(3-4-33-18)15-36-5-7-37(8-6-36)24(38)12-26(29,30)31/h1-4,9-10,13-14H,5-8,11-12,15H2,(H,34,35). The second-order valence-electron chi connectivity index (χ2n) is 9.17. The molecule has 38 heavy (non-hydrogen) atoms. The molecular weight excluding hydrogens is 524 g/mol. The van der Waals surface area contributed by atoms with Crippen LogP contribution in [0.15, 0.2) is 48.9 Å². The van der Waals surface area contributed by atoms with Gasteiger partial charge in [-0.05, 0) is 35.4 Å². The van der Waals surface area contributed by atoms with Crippen LogP contribution in [0.1, 0.15) is 23.5 Å². The van der Waals surface area contributed by atoms with Gasteiger partial charge in [-0.3, -0.25) is 19.7 Å². The van der Waals surface area contributed by atoms with Crippen LogP contribution < -0.4 is 0 Å². The predicted molar refractivity (Wildman–Crippen MR) is 134 cm³/mol. The molecule has 1 fully saturated rings. The number of amides is 1. The normalized spacial score (nSPS) is 14.8. The minimum atomic E-state index is -4.49. The molecule has 0 atom stereocenters. The van der Waals surface area contributed by atoms with Gasteiger partial charge in [-0.25, -0.2) is 9.37 Å². The summed E-state index contributed by atoms with van der Waals surface area (Å²) in [6.45, 7) is 2.12. The number of hydrogen-bond donors (Lipinski definition) is 1. The Hall–Kier alpha value is -3.57. The number of H-pyrrole nitrogens is 1. The van der Waals surface area contributed by atoms with E-state index in [1.54, 1.807) is 24.4 Å². The largest absolute Gasteiger partial charge is 0.397 e. The van der Waals surface area contributed by atoms with E-state index in [9.17, 15) is 22.4 Å². The van der Waals surface area contributed by atoms with E-state index in [1.165, 1.54) is 11.1 Å². The first-order valence-corrected chi connectivity index (χ1v) is 12.3. The van der Waals surface area contributed by atoms with E-state index in [4.69, 9.17) is 11.6 Å². The fourth-order valence-corrected chi connectivity index (χ4v) is 4.84. The van der Waals surface area contributed by atoms with Gasteiger partial charge in [0.1, 0.15) is 12.2 Å². The predicted octanol–water partition coefficient (Wildman–Crippen LogP) is 5.00. The third-order valence-corrected chi connectivity index (χ3v) is 6.67. The molecule has 7 nitrogen and oxygen atoms in total. The van der Waals surface area contributed by atoms with Gasteiger partial charge in [0, 0.05) is 62.8 Å². The van der Waals surface area contributed by atoms with Crippen molar-refractivity contribution in [1.82, 2.24) is 29.7 Å². The van der Waals surface area contributed by atoms with Crippen LogP contribution in [0.3, 0.4) is 0 Å². The van der Waals surface area contributed by atoms with Gasteiger partial charge >= 0.3 is 6.18 Å². The highest BCUT2D eigenvalue weighted by Gasteiger charge is 2.34. The molecule has 1 N–H and O–H groups in total. The third kappa shape index (κ3) is 6.11. The second-order valence-corrected chi connectivity index (χ2v) is 9.58. The summed E-state index contributed by atoms with van der Waals surface area (Å²) < 4.78 is 51.8. The summed E-state index contributed by atoms with van der Waals surface area (Å²) in [6.07, 6.45) is -1.23. The van der Waals surface area contributed by atoms with Crippen LogP contribution in [0.4, 0.5) is 17.6 Å². The highest BCUT2D eigenvalue weighted by molar-refractivity contribution is 6.33. The van der Waals surface area contributed by atoms with E-state index in [0.717, 1.165) is 28.5 Å². The summed E-state index contributed by atoms with van der Waals surface area (Å²) in [6, 6.07) is 9.20. The molecule has 1 aliphatic heterocycles. The molecule has 0 bridgehead atoms. The zero-order valence-corrected chi connectivity index (χ0v) is 20.9. The zero-order chi connectivity index (χ0) is 26.9. The number of nitrogens with zero attached hydrogens (tertiary/aromatic N) is 5. The summed E-state index contributed by atoms with van der Waals surface area (Å²) in [4.78, 5) is 31.3. The lowest BCUT2D eigenvalue weighted by Gasteiger charge is -2.35. The maximum absolute atomic E-state index is 14.3. The van der Waals surface area contributed by atoms with Gasteiger partial charge in [-0.1, -0.05) is 17.7 Å². The SMILES string of the molecule is O=C(CC(F)(F)F)N1CCN(Cc2ccnc(Cc3nc4ccc(-c5c(F)cncc5Cl)cc4[nH]3)c2)CC1. The maximum atomic E-state index is 14.3. The number of piperazine rings is 1. The second kappa shape index (κ2) is 10.7. The van der Waals surface area contributed by atoms with Crippen molar-refractivity contribution in [2.75, 3.05) is 26.2 Å². The number of imidazole rings is 1. The monoisotopic (exact) mass is 546 g/mol. The number of halogens is 5. The topological polar surface area (TPSA) is 78.0 Å². The highest BCUT2D eigenvalue weighted by Crippen LogP contribution is 2.31. The van der Waals surface area contributed by atoms with Gasteiger partial charge in [0.25, 0.3) is 0 Å². The molecule has 5 rings (SSSR count). The first kappa shape index (κ1) is 26.1. The van der Waals surface area contributed by atoms with Crippen molar-refractivity contribution in [2.24, 2.45) is 0 Å². The Kier molecular flexibility index (Phi) is 7.31. The number of aromatic amines is 1. The molecule has 0 spiro atoms. The summed E-state index contributed by atoms with van der Waals surface area (Å²) in [5, 5.41) is 0.222. The minimum absolute atomic E-state index is 0.222. The molecule has 0 radical (unpaired) electrons. The number of aromatic nitrogens is 4. The lowest BCUT2D eigenvalue weighted by atomic mass is 10.1. The maximum Gasteiger partial charge on any atom is 0.397 e. The van der Waals surface area contributed by atoms with Gasteiger partial charge < -0.3 is 9.88 Å². The number of carbonyl (C=O) groups is 1. The van der Waals surface area contributed by atoms with E-state index in [1.807, 2.05) is 12.1 Å². The molecule has 1 saturated heterocycles. The molecule has 0 aliphatic carbocycles. The quantitative estimate of drug-likeness (QED) is 0.344. The Balaban J connectivity index is 1.23. The van der Waals surface area contributed by atoms with Crippen molar-refractivity contribution in [1.29, 1.82) is 0 Å².